The molecule has 0 bridgehead atoms. The molecule has 146 heavy (non-hydrogen) atoms. The molecule has 0 saturated heterocycles. The fraction of sp³-hybridized carbons (Fsp3) is 0.324. The van der Waals surface area contributed by atoms with E-state index in [2.05, 4.69) is 401 Å². The van der Waals surface area contributed by atoms with Crippen LogP contribution in [0.4, 0.5) is 0 Å². The summed E-state index contributed by atoms with van der Waals surface area (Å²) >= 11 is 0. The van der Waals surface area contributed by atoms with Crippen molar-refractivity contribution >= 4 is 43.1 Å². The maximum atomic E-state index is 9.32. The van der Waals surface area contributed by atoms with E-state index < -0.39 is 33.3 Å². The van der Waals surface area contributed by atoms with Crippen molar-refractivity contribution in [3.63, 3.8) is 0 Å². The van der Waals surface area contributed by atoms with Crippen LogP contribution in [0.2, 0.25) is 0 Å². The molecular weight excluding hydrogens is 1760 g/mol. The van der Waals surface area contributed by atoms with Gasteiger partial charge in [-0.25, -0.2) is 13.7 Å². The molecule has 18 aromatic rings. The minimum Gasteiger partial charge on any atom is -0.201 e. The Kier molecular flexibility index (Phi) is 21.1. The maximum absolute atomic E-state index is 9.32. The third-order valence-electron chi connectivity index (χ3n) is 37.3. The minimum absolute atomic E-state index is 0.0188. The normalized spacial score (nSPS) is 18.1. The van der Waals surface area contributed by atoms with Gasteiger partial charge in [-0.05, 0) is 369 Å². The molecular formula is C142H154N4+4. The van der Waals surface area contributed by atoms with Gasteiger partial charge in [0.2, 0.25) is 22.8 Å². The molecule has 5 aliphatic rings. The van der Waals surface area contributed by atoms with E-state index in [9.17, 15) is 1.37 Å². The third-order valence-corrected chi connectivity index (χ3v) is 37.3. The van der Waals surface area contributed by atoms with Crippen LogP contribution in [0.5, 0.6) is 0 Å². The van der Waals surface area contributed by atoms with E-state index in [1.807, 2.05) is 60.1 Å². The number of pyridine rings is 4. The number of rotatable bonds is 7. The van der Waals surface area contributed by atoms with Crippen molar-refractivity contribution in [3.05, 3.63) is 402 Å². The zero-order valence-electron chi connectivity index (χ0n) is 104. The molecule has 1 saturated carbocycles. The van der Waals surface area contributed by atoms with E-state index in [1.165, 1.54) is 194 Å². The van der Waals surface area contributed by atoms with E-state index in [0.29, 0.717) is 22.4 Å². The Bertz CT molecular complexity index is 9010. The molecule has 4 aromatic heterocycles. The topological polar surface area (TPSA) is 15.5 Å². The van der Waals surface area contributed by atoms with Gasteiger partial charge in [-0.3, -0.25) is 0 Å². The fourth-order valence-corrected chi connectivity index (χ4v) is 25.7. The van der Waals surface area contributed by atoms with Gasteiger partial charge in [0, 0.05) is 99.2 Å². The highest BCUT2D eigenvalue weighted by atomic mass is 15.0. The molecule has 5 aliphatic carbocycles. The Balaban J connectivity index is 0.000000128. The van der Waals surface area contributed by atoms with Crippen molar-refractivity contribution in [2.24, 2.45) is 28.2 Å². The first-order chi connectivity index (χ1) is 74.3. The Morgan fingerprint density at radius 2 is 0.733 bits per heavy atom. The second-order valence-electron chi connectivity index (χ2n) is 47.6. The summed E-state index contributed by atoms with van der Waals surface area (Å²) in [6.45, 7) is 44.9. The van der Waals surface area contributed by atoms with Gasteiger partial charge >= 0.3 is 0 Å². The van der Waals surface area contributed by atoms with Crippen molar-refractivity contribution < 1.29 is 36.1 Å². The maximum Gasteiger partial charge on any atom is 0.213 e. The number of aryl methyl sites for hydroxylation is 11. The lowest BCUT2D eigenvalue weighted by Gasteiger charge is -2.49. The number of hydrogen-bond donors (Lipinski definition) is 0. The molecule has 0 unspecified atom stereocenters. The van der Waals surface area contributed by atoms with Gasteiger partial charge in [-0.15, -0.1) is 0 Å². The van der Waals surface area contributed by atoms with Crippen molar-refractivity contribution in [1.29, 1.82) is 0 Å². The fourth-order valence-electron chi connectivity index (χ4n) is 25.7. The lowest BCUT2D eigenvalue weighted by Crippen LogP contribution is -2.44. The highest BCUT2D eigenvalue weighted by molar-refractivity contribution is 6.02. The van der Waals surface area contributed by atoms with Crippen LogP contribution in [0.3, 0.4) is 0 Å². The van der Waals surface area contributed by atoms with E-state index >= 15 is 0 Å². The van der Waals surface area contributed by atoms with Crippen molar-refractivity contribution in [3.8, 4) is 112 Å². The molecule has 1 fully saturated rings. The van der Waals surface area contributed by atoms with Gasteiger partial charge in [0.25, 0.3) is 0 Å². The first kappa shape index (κ1) is 84.9. The van der Waals surface area contributed by atoms with E-state index in [4.69, 9.17) is 16.4 Å². The highest BCUT2D eigenvalue weighted by Crippen LogP contribution is 2.63. The lowest BCUT2D eigenvalue weighted by molar-refractivity contribution is -0.667. The molecule has 0 radical (unpaired) electrons. The Morgan fingerprint density at radius 1 is 0.260 bits per heavy atom. The molecule has 4 nitrogen and oxygen atoms in total. The number of benzene rings is 14. The van der Waals surface area contributed by atoms with Crippen molar-refractivity contribution in [1.82, 2.24) is 0 Å². The summed E-state index contributed by atoms with van der Waals surface area (Å²) in [5, 5.41) is 10.2. The molecule has 0 amide bonds. The standard InChI is InChI=1S/C43H42N.C36H42N.C32H36N.C31H34N/c1-27-24-32(30-14-10-9-11-15-30)19-20-33(27)37-25-39(44(8)26-28(37)2)34-22-23-38-40(29(34)3)36-21-18-31-16-12-13-17-35(31)41(36)43(6,7)42(38,4)5;1-23-17-20-30-33(32(23)31-21-24(2)29(22-37(31)7)25-13-9-8-10-14-25)28-19-18-26-15-11-12-16-27(26)34(28)36(5,6)35(30,3)4;1-19-16-29(33(9)22(4)20(19)2)25-14-15-27-30(21(25)3)26-17-23-12-10-11-13-24(23)18-28(26)32(7,8)31(27,5)6;1-19-9-10-22-16-25-26-18-24(29-14-20(2)11-12-32(29)8)21(3)15-27(26)30(4,5)31(6,7)28(25)17-23(22)13-19/h9-26H,1-8H3;11-12,15-22,25H,8-10,13-14H2,1-7H3;10-18H,1-9H3;9-18H,1-8H3/q4*+1/i1D3,2D3;25D;2D3,4D3;. The zero-order valence-corrected chi connectivity index (χ0v) is 91.5. The predicted molar refractivity (Wildman–Crippen MR) is 622 cm³/mol. The number of nitrogens with zero attached hydrogens (tertiary/aromatic N) is 4. The summed E-state index contributed by atoms with van der Waals surface area (Å²) in [6.07, 6.45) is 11.6. The van der Waals surface area contributed by atoms with Gasteiger partial charge in [0.1, 0.15) is 28.2 Å². The quantitative estimate of drug-likeness (QED) is 0.141. The summed E-state index contributed by atoms with van der Waals surface area (Å²) in [4.78, 5) is 0. The average Bonchev–Trinajstić information content (AvgIpc) is 0.709. The largest absolute Gasteiger partial charge is 0.213 e. The van der Waals surface area contributed by atoms with Crippen LogP contribution in [0, 0.1) is 82.8 Å². The van der Waals surface area contributed by atoms with E-state index in [0.717, 1.165) is 64.8 Å². The second kappa shape index (κ2) is 36.4. The molecule has 0 aliphatic heterocycles. The Hall–Kier alpha value is -13.3. The number of hydrogen-bond acceptors (Lipinski definition) is 0. The zero-order chi connectivity index (χ0) is 115. The predicted octanol–water partition coefficient (Wildman–Crippen LogP) is 35.4. The Labute approximate surface area is 891 Å². The summed E-state index contributed by atoms with van der Waals surface area (Å²) in [5.74, 6) is -0.457. The van der Waals surface area contributed by atoms with Crippen LogP contribution in [-0.2, 0) is 71.5 Å². The molecule has 14 aromatic carbocycles. The average molecular weight is 1930 g/mol. The molecule has 4 heterocycles. The van der Waals surface area contributed by atoms with Crippen molar-refractivity contribution in [2.45, 2.75) is 275 Å². The second-order valence-corrected chi connectivity index (χ2v) is 47.6. The van der Waals surface area contributed by atoms with Crippen LogP contribution in [0.15, 0.2) is 286 Å². The molecule has 0 N–H and O–H groups in total. The molecule has 738 valence electrons. The Morgan fingerprint density at radius 3 is 1.35 bits per heavy atom. The minimum atomic E-state index is -2.58. The van der Waals surface area contributed by atoms with Gasteiger partial charge in [-0.2, -0.15) is 4.57 Å². The smallest absolute Gasteiger partial charge is 0.201 e. The molecule has 0 spiro atoms. The van der Waals surface area contributed by atoms with Crippen molar-refractivity contribution in [2.75, 3.05) is 0 Å². The summed E-state index contributed by atoms with van der Waals surface area (Å²) in [7, 11) is 7.86. The lowest BCUT2D eigenvalue weighted by atomic mass is 9.54. The molecule has 23 rings (SSSR count). The first-order valence-corrected chi connectivity index (χ1v) is 52.8. The van der Waals surface area contributed by atoms with Gasteiger partial charge in [-0.1, -0.05) is 330 Å². The van der Waals surface area contributed by atoms with E-state index in [1.54, 1.807) is 36.9 Å². The molecule has 0 atom stereocenters. The summed E-state index contributed by atoms with van der Waals surface area (Å²) in [5.41, 5.74) is 41.8. The van der Waals surface area contributed by atoms with Crippen LogP contribution in [-0.4, -0.2) is 0 Å². The summed E-state index contributed by atoms with van der Waals surface area (Å²) in [6, 6.07) is 95.1. The van der Waals surface area contributed by atoms with Crippen LogP contribution < -0.4 is 18.3 Å². The van der Waals surface area contributed by atoms with Gasteiger partial charge in [0.15, 0.2) is 24.3 Å². The summed E-state index contributed by atoms with van der Waals surface area (Å²) < 4.78 is 117. The van der Waals surface area contributed by atoms with Crippen LogP contribution in [0.1, 0.15) is 284 Å². The SMILES string of the molecule is Cc1cc[n+](C)c(-c2cc3c(cc2C)C(C)(C)C(C)(C)c2cc4cc(C)ccc4cc2-3)c1.[2H]C([2H])([2H])c1c(C)cc(-c2ccc3c(c2C)-c2cc4ccccc4cc2C(C)(C)C3(C)C)[n+](C)c1C([2H])([2H])[2H].[2H]C([2H])([2H])c1cc(-c2ccccc2)ccc1-c1cc(-c2ccc3c(c2C)-c2ccc4ccccc4c2C(C)(C)C3(C)C)[n+](C)cc1C([2H])([2H])[2H].[2H]C1(c2c[n+](C)c(-c3c(C)ccc4c3-c3ccc5ccccc5c3C(C)(C)C4(C)C)cc2C)CCCCC1. The monoisotopic (exact) mass is 1930 g/mol. The van der Waals surface area contributed by atoms with Crippen LogP contribution in [0.25, 0.3) is 155 Å². The van der Waals surface area contributed by atoms with E-state index in [-0.39, 0.29) is 65.7 Å². The van der Waals surface area contributed by atoms with Gasteiger partial charge < -0.3 is 0 Å². The van der Waals surface area contributed by atoms with Gasteiger partial charge in [0.05, 0.1) is 5.56 Å². The van der Waals surface area contributed by atoms with Crippen LogP contribution >= 0.6 is 0 Å². The third kappa shape index (κ3) is 15.9. The molecule has 4 heteroatoms. The first-order valence-electron chi connectivity index (χ1n) is 59.3. The number of aromatic nitrogens is 4. The highest BCUT2D eigenvalue weighted by Gasteiger charge is 2.53. The number of fused-ring (bicyclic) bond motifs is 18.